The summed E-state index contributed by atoms with van der Waals surface area (Å²) in [6.07, 6.45) is 0. The number of anilines is 1. The highest BCUT2D eigenvalue weighted by Crippen LogP contribution is 2.10. The van der Waals surface area contributed by atoms with E-state index in [9.17, 15) is 0 Å². The quantitative estimate of drug-likeness (QED) is 0.805. The fourth-order valence-corrected chi connectivity index (χ4v) is 1.79. The third kappa shape index (κ3) is 2.77. The lowest BCUT2D eigenvalue weighted by Gasteiger charge is -1.97. The Morgan fingerprint density at radius 1 is 1.40 bits per heavy atom. The van der Waals surface area contributed by atoms with Gasteiger partial charge in [0.1, 0.15) is 0 Å². The van der Waals surface area contributed by atoms with Crippen molar-refractivity contribution in [1.82, 2.24) is 15.5 Å². The van der Waals surface area contributed by atoms with Crippen LogP contribution in [0.4, 0.5) is 6.01 Å². The Bertz CT molecular complexity index is 398. The molecule has 0 aliphatic carbocycles. The summed E-state index contributed by atoms with van der Waals surface area (Å²) in [7, 11) is 1.84. The van der Waals surface area contributed by atoms with Crippen molar-refractivity contribution in [3.05, 3.63) is 28.3 Å². The monoisotopic (exact) mass is 224 g/mol. The first-order valence-corrected chi connectivity index (χ1v) is 5.54. The van der Waals surface area contributed by atoms with Crippen LogP contribution in [-0.2, 0) is 13.1 Å². The molecule has 5 nitrogen and oxygen atoms in total. The molecule has 0 saturated carbocycles. The van der Waals surface area contributed by atoms with Crippen LogP contribution in [-0.4, -0.2) is 17.2 Å². The highest BCUT2D eigenvalue weighted by Gasteiger charge is 2.03. The molecule has 2 aromatic heterocycles. The molecule has 0 amide bonds. The summed E-state index contributed by atoms with van der Waals surface area (Å²) in [5.41, 5.74) is 1.22. The van der Waals surface area contributed by atoms with Gasteiger partial charge in [0.15, 0.2) is 0 Å². The van der Waals surface area contributed by atoms with E-state index in [0.717, 1.165) is 0 Å². The summed E-state index contributed by atoms with van der Waals surface area (Å²) in [6.45, 7) is 1.30. The van der Waals surface area contributed by atoms with Gasteiger partial charge in [-0.15, -0.1) is 5.10 Å². The molecule has 0 radical (unpaired) electrons. The van der Waals surface area contributed by atoms with E-state index in [1.54, 1.807) is 11.3 Å². The van der Waals surface area contributed by atoms with Crippen molar-refractivity contribution in [3.8, 4) is 0 Å². The Labute approximate surface area is 91.5 Å². The van der Waals surface area contributed by atoms with Gasteiger partial charge in [-0.3, -0.25) is 0 Å². The summed E-state index contributed by atoms with van der Waals surface area (Å²) in [4.78, 5) is 0. The minimum absolute atomic E-state index is 0.464. The Kier molecular flexibility index (Phi) is 3.31. The lowest BCUT2D eigenvalue weighted by Crippen LogP contribution is -2.04. The molecule has 0 spiro atoms. The van der Waals surface area contributed by atoms with Gasteiger partial charge in [0, 0.05) is 6.54 Å². The van der Waals surface area contributed by atoms with Crippen molar-refractivity contribution in [1.29, 1.82) is 0 Å². The summed E-state index contributed by atoms with van der Waals surface area (Å²) in [5, 5.41) is 17.9. The van der Waals surface area contributed by atoms with Crippen molar-refractivity contribution in [2.75, 3.05) is 12.4 Å². The van der Waals surface area contributed by atoms with E-state index >= 15 is 0 Å². The second-order valence-corrected chi connectivity index (χ2v) is 3.80. The molecule has 15 heavy (non-hydrogen) atoms. The predicted octanol–water partition coefficient (Wildman–Crippen LogP) is 1.46. The fourth-order valence-electron chi connectivity index (χ4n) is 1.12. The van der Waals surface area contributed by atoms with Crippen molar-refractivity contribution < 1.29 is 4.42 Å². The van der Waals surface area contributed by atoms with Gasteiger partial charge in [-0.25, -0.2) is 0 Å². The molecular formula is C9H12N4OS. The number of rotatable bonds is 5. The van der Waals surface area contributed by atoms with E-state index in [-0.39, 0.29) is 0 Å². The highest BCUT2D eigenvalue weighted by molar-refractivity contribution is 7.07. The highest BCUT2D eigenvalue weighted by atomic mass is 32.1. The summed E-state index contributed by atoms with van der Waals surface area (Å²) in [6, 6.07) is 2.52. The number of aromatic nitrogens is 2. The van der Waals surface area contributed by atoms with Crippen LogP contribution < -0.4 is 10.6 Å². The maximum atomic E-state index is 5.33. The van der Waals surface area contributed by atoms with Gasteiger partial charge in [-0.1, -0.05) is 5.10 Å². The summed E-state index contributed by atoms with van der Waals surface area (Å²) < 4.78 is 5.33. The number of hydrogen-bond acceptors (Lipinski definition) is 6. The molecule has 2 N–H and O–H groups in total. The topological polar surface area (TPSA) is 63.0 Å². The Hall–Kier alpha value is -1.40. The van der Waals surface area contributed by atoms with Crippen LogP contribution in [0.15, 0.2) is 21.2 Å². The van der Waals surface area contributed by atoms with E-state index in [2.05, 4.69) is 32.3 Å². The van der Waals surface area contributed by atoms with E-state index in [1.165, 1.54) is 5.56 Å². The lowest BCUT2D eigenvalue weighted by molar-refractivity contribution is 0.489. The standard InChI is InChI=1S/C9H12N4OS/c1-10-5-8-12-13-9(14-8)11-4-7-2-3-15-6-7/h2-3,6,10H,4-5H2,1H3,(H,11,13). The zero-order valence-electron chi connectivity index (χ0n) is 8.36. The van der Waals surface area contributed by atoms with E-state index in [1.807, 2.05) is 12.4 Å². The molecular weight excluding hydrogens is 212 g/mol. The van der Waals surface area contributed by atoms with Gasteiger partial charge in [-0.05, 0) is 29.4 Å². The molecule has 6 heteroatoms. The second kappa shape index (κ2) is 4.90. The number of nitrogens with zero attached hydrogens (tertiary/aromatic N) is 2. The molecule has 80 valence electrons. The summed E-state index contributed by atoms with van der Waals surface area (Å²) in [5.74, 6) is 0.588. The maximum Gasteiger partial charge on any atom is 0.315 e. The first-order chi connectivity index (χ1) is 7.38. The van der Waals surface area contributed by atoms with E-state index in [4.69, 9.17) is 4.42 Å². The van der Waals surface area contributed by atoms with Crippen molar-refractivity contribution in [2.45, 2.75) is 13.1 Å². The fraction of sp³-hybridized carbons (Fsp3) is 0.333. The minimum Gasteiger partial charge on any atom is -0.407 e. The average molecular weight is 224 g/mol. The number of nitrogens with one attached hydrogen (secondary N) is 2. The zero-order chi connectivity index (χ0) is 10.5. The Morgan fingerprint density at radius 2 is 2.33 bits per heavy atom. The van der Waals surface area contributed by atoms with Crippen molar-refractivity contribution in [2.24, 2.45) is 0 Å². The van der Waals surface area contributed by atoms with Crippen LogP contribution in [0.2, 0.25) is 0 Å². The Morgan fingerprint density at radius 3 is 3.07 bits per heavy atom. The maximum absolute atomic E-state index is 5.33. The van der Waals surface area contributed by atoms with Crippen LogP contribution in [0.3, 0.4) is 0 Å². The number of hydrogen-bond donors (Lipinski definition) is 2. The van der Waals surface area contributed by atoms with E-state index < -0.39 is 0 Å². The number of thiophene rings is 1. The van der Waals surface area contributed by atoms with Gasteiger partial charge in [0.25, 0.3) is 0 Å². The molecule has 2 rings (SSSR count). The van der Waals surface area contributed by atoms with Gasteiger partial charge in [-0.2, -0.15) is 11.3 Å². The molecule has 0 aromatic carbocycles. The predicted molar refractivity (Wildman–Crippen MR) is 58.7 cm³/mol. The molecule has 0 saturated heterocycles. The van der Waals surface area contributed by atoms with Gasteiger partial charge in [0.2, 0.25) is 5.89 Å². The SMILES string of the molecule is CNCc1nnc(NCc2ccsc2)o1. The van der Waals surface area contributed by atoms with Crippen LogP contribution in [0.1, 0.15) is 11.5 Å². The largest absolute Gasteiger partial charge is 0.407 e. The molecule has 0 fully saturated rings. The molecule has 0 atom stereocenters. The first-order valence-electron chi connectivity index (χ1n) is 4.60. The van der Waals surface area contributed by atoms with Gasteiger partial charge in [0.05, 0.1) is 6.54 Å². The third-order valence-corrected chi connectivity index (χ3v) is 2.55. The van der Waals surface area contributed by atoms with Crippen LogP contribution in [0.5, 0.6) is 0 Å². The first kappa shape index (κ1) is 10.1. The zero-order valence-corrected chi connectivity index (χ0v) is 9.17. The molecule has 2 aromatic rings. The molecule has 0 aliphatic heterocycles. The van der Waals surface area contributed by atoms with Crippen LogP contribution in [0, 0.1) is 0 Å². The van der Waals surface area contributed by atoms with E-state index in [0.29, 0.717) is 25.0 Å². The van der Waals surface area contributed by atoms with Crippen molar-refractivity contribution >= 4 is 17.4 Å². The Balaban J connectivity index is 1.88. The molecule has 0 bridgehead atoms. The molecule has 0 unspecified atom stereocenters. The second-order valence-electron chi connectivity index (χ2n) is 3.02. The molecule has 0 aliphatic rings. The van der Waals surface area contributed by atoms with Gasteiger partial charge < -0.3 is 15.1 Å². The third-order valence-electron chi connectivity index (χ3n) is 1.82. The smallest absolute Gasteiger partial charge is 0.315 e. The minimum atomic E-state index is 0.464. The lowest BCUT2D eigenvalue weighted by atomic mass is 10.3. The average Bonchev–Trinajstić information content (AvgIpc) is 2.85. The van der Waals surface area contributed by atoms with Crippen LogP contribution in [0.25, 0.3) is 0 Å². The molecule has 2 heterocycles. The van der Waals surface area contributed by atoms with Crippen LogP contribution >= 0.6 is 11.3 Å². The van der Waals surface area contributed by atoms with Gasteiger partial charge >= 0.3 is 6.01 Å². The summed E-state index contributed by atoms with van der Waals surface area (Å²) >= 11 is 1.67. The van der Waals surface area contributed by atoms with Crippen molar-refractivity contribution in [3.63, 3.8) is 0 Å². The normalized spacial score (nSPS) is 10.5.